The van der Waals surface area contributed by atoms with Crippen molar-refractivity contribution in [3.05, 3.63) is 36.2 Å². The summed E-state index contributed by atoms with van der Waals surface area (Å²) in [5.41, 5.74) is 0.851. The molecular weight excluding hydrogens is 218 g/mol. The Bertz CT molecular complexity index is 534. The quantitative estimate of drug-likeness (QED) is 0.874. The Labute approximate surface area is 98.7 Å². The van der Waals surface area contributed by atoms with E-state index in [4.69, 9.17) is 5.11 Å². The molecule has 17 heavy (non-hydrogen) atoms. The van der Waals surface area contributed by atoms with Crippen LogP contribution < -0.4 is 0 Å². The molecule has 0 amide bonds. The number of aryl methyl sites for hydroxylation is 1. The zero-order valence-corrected chi connectivity index (χ0v) is 9.50. The van der Waals surface area contributed by atoms with Crippen molar-refractivity contribution in [2.75, 3.05) is 0 Å². The largest absolute Gasteiger partial charge is 0.478 e. The van der Waals surface area contributed by atoms with Gasteiger partial charge in [-0.05, 0) is 12.5 Å². The molecule has 0 aliphatic carbocycles. The van der Waals surface area contributed by atoms with Gasteiger partial charge in [0.1, 0.15) is 6.33 Å². The minimum atomic E-state index is -0.952. The van der Waals surface area contributed by atoms with E-state index in [0.29, 0.717) is 11.4 Å². The first kappa shape index (κ1) is 11.3. The van der Waals surface area contributed by atoms with E-state index >= 15 is 0 Å². The molecule has 1 aromatic heterocycles. The van der Waals surface area contributed by atoms with Crippen molar-refractivity contribution in [1.82, 2.24) is 14.8 Å². The number of hydrogen-bond acceptors (Lipinski definition) is 3. The first-order valence-corrected chi connectivity index (χ1v) is 5.44. The fraction of sp³-hybridized carbons (Fsp3) is 0.250. The SMILES string of the molecule is CCCn1cnnc1-c1ccccc1C(=O)O. The number of carboxylic acid groups (broad SMARTS) is 1. The zero-order chi connectivity index (χ0) is 12.3. The van der Waals surface area contributed by atoms with Gasteiger partial charge in [-0.25, -0.2) is 4.79 Å². The van der Waals surface area contributed by atoms with Crippen LogP contribution in [0.25, 0.3) is 11.4 Å². The summed E-state index contributed by atoms with van der Waals surface area (Å²) >= 11 is 0. The van der Waals surface area contributed by atoms with Gasteiger partial charge in [0.2, 0.25) is 0 Å². The smallest absolute Gasteiger partial charge is 0.336 e. The van der Waals surface area contributed by atoms with Gasteiger partial charge in [0.05, 0.1) is 5.56 Å². The maximum absolute atomic E-state index is 11.1. The molecule has 0 saturated heterocycles. The summed E-state index contributed by atoms with van der Waals surface area (Å²) in [6.45, 7) is 2.82. The molecule has 1 aromatic carbocycles. The van der Waals surface area contributed by atoms with E-state index < -0.39 is 5.97 Å². The number of benzene rings is 1. The van der Waals surface area contributed by atoms with E-state index in [1.54, 1.807) is 30.6 Å². The van der Waals surface area contributed by atoms with Crippen molar-refractivity contribution in [3.63, 3.8) is 0 Å². The Morgan fingerprint density at radius 2 is 2.18 bits per heavy atom. The van der Waals surface area contributed by atoms with Gasteiger partial charge in [0, 0.05) is 12.1 Å². The summed E-state index contributed by atoms with van der Waals surface area (Å²) in [6, 6.07) is 6.82. The second-order valence-corrected chi connectivity index (χ2v) is 3.70. The molecule has 0 saturated carbocycles. The van der Waals surface area contributed by atoms with Gasteiger partial charge in [-0.1, -0.05) is 25.1 Å². The molecule has 0 bridgehead atoms. The topological polar surface area (TPSA) is 68.0 Å². The molecule has 0 unspecified atom stereocenters. The Kier molecular flexibility index (Phi) is 3.18. The van der Waals surface area contributed by atoms with Gasteiger partial charge in [-0.15, -0.1) is 10.2 Å². The molecule has 1 heterocycles. The first-order chi connectivity index (χ1) is 8.24. The summed E-state index contributed by atoms with van der Waals surface area (Å²) in [6.07, 6.45) is 2.57. The normalized spacial score (nSPS) is 10.4. The number of carboxylic acids is 1. The fourth-order valence-electron chi connectivity index (χ4n) is 1.73. The summed E-state index contributed by atoms with van der Waals surface area (Å²) in [5.74, 6) is -0.350. The number of hydrogen-bond donors (Lipinski definition) is 1. The number of nitrogens with zero attached hydrogens (tertiary/aromatic N) is 3. The van der Waals surface area contributed by atoms with Crippen molar-refractivity contribution in [1.29, 1.82) is 0 Å². The summed E-state index contributed by atoms with van der Waals surface area (Å²) in [4.78, 5) is 11.1. The monoisotopic (exact) mass is 231 g/mol. The molecule has 2 rings (SSSR count). The minimum absolute atomic E-state index is 0.248. The predicted octanol–water partition coefficient (Wildman–Crippen LogP) is 2.05. The van der Waals surface area contributed by atoms with E-state index in [2.05, 4.69) is 10.2 Å². The van der Waals surface area contributed by atoms with Crippen LogP contribution in [0.2, 0.25) is 0 Å². The van der Waals surface area contributed by atoms with Crippen LogP contribution in [0.1, 0.15) is 23.7 Å². The molecule has 0 aliphatic rings. The van der Waals surface area contributed by atoms with Crippen LogP contribution in [-0.2, 0) is 6.54 Å². The Balaban J connectivity index is 2.52. The van der Waals surface area contributed by atoms with Crippen LogP contribution in [0.5, 0.6) is 0 Å². The van der Waals surface area contributed by atoms with Gasteiger partial charge in [0.15, 0.2) is 5.82 Å². The average Bonchev–Trinajstić information content (AvgIpc) is 2.77. The Hall–Kier alpha value is -2.17. The highest BCUT2D eigenvalue weighted by atomic mass is 16.4. The van der Waals surface area contributed by atoms with E-state index in [1.165, 1.54) is 0 Å². The highest BCUT2D eigenvalue weighted by Crippen LogP contribution is 2.21. The fourth-order valence-corrected chi connectivity index (χ4v) is 1.73. The van der Waals surface area contributed by atoms with Crippen molar-refractivity contribution in [3.8, 4) is 11.4 Å². The standard InChI is InChI=1S/C12H13N3O2/c1-2-7-15-8-13-14-11(15)9-5-3-4-6-10(9)12(16)17/h3-6,8H,2,7H2,1H3,(H,16,17). The lowest BCUT2D eigenvalue weighted by Gasteiger charge is -2.07. The number of carbonyl (C=O) groups is 1. The molecule has 0 aliphatic heterocycles. The maximum Gasteiger partial charge on any atom is 0.336 e. The van der Waals surface area contributed by atoms with Crippen LogP contribution in [0.3, 0.4) is 0 Å². The number of aromatic nitrogens is 3. The number of aromatic carboxylic acids is 1. The van der Waals surface area contributed by atoms with Crippen LogP contribution >= 0.6 is 0 Å². The third kappa shape index (κ3) is 2.18. The van der Waals surface area contributed by atoms with Crippen LogP contribution in [-0.4, -0.2) is 25.8 Å². The van der Waals surface area contributed by atoms with Gasteiger partial charge in [-0.2, -0.15) is 0 Å². The summed E-state index contributed by atoms with van der Waals surface area (Å²) in [5, 5.41) is 17.0. The molecular formula is C12H13N3O2. The summed E-state index contributed by atoms with van der Waals surface area (Å²) in [7, 11) is 0. The lowest BCUT2D eigenvalue weighted by Crippen LogP contribution is -2.04. The number of rotatable bonds is 4. The lowest BCUT2D eigenvalue weighted by molar-refractivity contribution is 0.0697. The molecule has 5 nitrogen and oxygen atoms in total. The van der Waals surface area contributed by atoms with Gasteiger partial charge >= 0.3 is 5.97 Å². The van der Waals surface area contributed by atoms with E-state index in [-0.39, 0.29) is 5.56 Å². The van der Waals surface area contributed by atoms with Gasteiger partial charge in [0.25, 0.3) is 0 Å². The predicted molar refractivity (Wildman–Crippen MR) is 62.7 cm³/mol. The zero-order valence-electron chi connectivity index (χ0n) is 9.50. The Morgan fingerprint density at radius 1 is 1.41 bits per heavy atom. The first-order valence-electron chi connectivity index (χ1n) is 5.44. The van der Waals surface area contributed by atoms with Crippen molar-refractivity contribution < 1.29 is 9.90 Å². The Morgan fingerprint density at radius 3 is 2.88 bits per heavy atom. The maximum atomic E-state index is 11.1. The molecule has 0 atom stereocenters. The van der Waals surface area contributed by atoms with Crippen molar-refractivity contribution >= 4 is 5.97 Å². The van der Waals surface area contributed by atoms with E-state index in [9.17, 15) is 4.79 Å². The molecule has 0 fully saturated rings. The molecule has 0 spiro atoms. The molecule has 5 heteroatoms. The highest BCUT2D eigenvalue weighted by molar-refractivity contribution is 5.94. The van der Waals surface area contributed by atoms with E-state index in [0.717, 1.165) is 13.0 Å². The highest BCUT2D eigenvalue weighted by Gasteiger charge is 2.15. The van der Waals surface area contributed by atoms with Gasteiger partial charge in [-0.3, -0.25) is 0 Å². The lowest BCUT2D eigenvalue weighted by atomic mass is 10.1. The molecule has 0 radical (unpaired) electrons. The van der Waals surface area contributed by atoms with Crippen LogP contribution in [0.4, 0.5) is 0 Å². The van der Waals surface area contributed by atoms with Crippen molar-refractivity contribution in [2.45, 2.75) is 19.9 Å². The average molecular weight is 231 g/mol. The molecule has 1 N–H and O–H groups in total. The van der Waals surface area contributed by atoms with Crippen molar-refractivity contribution in [2.24, 2.45) is 0 Å². The minimum Gasteiger partial charge on any atom is -0.478 e. The third-order valence-electron chi connectivity index (χ3n) is 2.48. The van der Waals surface area contributed by atoms with Crippen LogP contribution in [0, 0.1) is 0 Å². The van der Waals surface area contributed by atoms with E-state index in [1.807, 2.05) is 11.5 Å². The second kappa shape index (κ2) is 4.78. The molecule has 88 valence electrons. The molecule has 2 aromatic rings. The summed E-state index contributed by atoms with van der Waals surface area (Å²) < 4.78 is 1.86. The van der Waals surface area contributed by atoms with Crippen LogP contribution in [0.15, 0.2) is 30.6 Å². The third-order valence-corrected chi connectivity index (χ3v) is 2.48. The van der Waals surface area contributed by atoms with Gasteiger partial charge < -0.3 is 9.67 Å². The second-order valence-electron chi connectivity index (χ2n) is 3.70.